The van der Waals surface area contributed by atoms with E-state index in [1.54, 1.807) is 50.6 Å². The topological polar surface area (TPSA) is 88.1 Å². The third-order valence-corrected chi connectivity index (χ3v) is 7.01. The first-order valence-corrected chi connectivity index (χ1v) is 13.5. The lowest BCUT2D eigenvalue weighted by molar-refractivity contribution is 0.0774. The van der Waals surface area contributed by atoms with Crippen molar-refractivity contribution in [2.24, 2.45) is 4.99 Å². The summed E-state index contributed by atoms with van der Waals surface area (Å²) in [5.74, 6) is 2.38. The molecule has 0 spiro atoms. The number of fused-ring (bicyclic) bond motifs is 2. The molecule has 0 bridgehead atoms. The number of ether oxygens (including phenoxy) is 6. The third-order valence-electron chi connectivity index (χ3n) is 7.01. The lowest BCUT2D eigenvalue weighted by atomic mass is 10.1. The number of aliphatic imine (C=N–C) groups is 1. The van der Waals surface area contributed by atoms with Crippen molar-refractivity contribution in [1.82, 2.24) is 4.90 Å². The third kappa shape index (κ3) is 6.32. The summed E-state index contributed by atoms with van der Waals surface area (Å²) in [5.41, 5.74) is 1.11. The van der Waals surface area contributed by atoms with Crippen LogP contribution in [0.4, 0.5) is 10.1 Å². The number of carbonyl (C=O) groups is 1. The summed E-state index contributed by atoms with van der Waals surface area (Å²) in [7, 11) is 4.61. The second kappa shape index (κ2) is 12.8. The summed E-state index contributed by atoms with van der Waals surface area (Å²) in [4.78, 5) is 19.4. The summed E-state index contributed by atoms with van der Waals surface area (Å²) in [6.45, 7) is 1.54. The van der Waals surface area contributed by atoms with Crippen molar-refractivity contribution in [2.45, 2.75) is 31.7 Å². The van der Waals surface area contributed by atoms with Gasteiger partial charge in [0, 0.05) is 31.0 Å². The van der Waals surface area contributed by atoms with Gasteiger partial charge in [-0.05, 0) is 56.0 Å². The normalized spacial score (nSPS) is 15.6. The van der Waals surface area contributed by atoms with E-state index in [9.17, 15) is 9.18 Å². The van der Waals surface area contributed by atoms with E-state index in [0.717, 1.165) is 19.4 Å². The van der Waals surface area contributed by atoms with Crippen LogP contribution >= 0.6 is 0 Å². The number of amides is 1. The molecule has 0 aliphatic carbocycles. The Morgan fingerprint density at radius 2 is 1.54 bits per heavy atom. The molecule has 10 heteroatoms. The zero-order valence-corrected chi connectivity index (χ0v) is 23.4. The van der Waals surface area contributed by atoms with Crippen LogP contribution in [0.1, 0.15) is 36.0 Å². The number of nitrogens with zero attached hydrogens (tertiary/aromatic N) is 2. The fraction of sp³-hybridized carbons (Fsp3) is 0.355. The van der Waals surface area contributed by atoms with E-state index in [1.165, 1.54) is 19.2 Å². The molecule has 5 rings (SSSR count). The highest BCUT2D eigenvalue weighted by molar-refractivity contribution is 6.03. The number of methoxy groups -OCH3 is 3. The van der Waals surface area contributed by atoms with E-state index in [1.807, 2.05) is 11.1 Å². The zero-order valence-electron chi connectivity index (χ0n) is 23.4. The molecule has 3 aromatic rings. The molecule has 0 N–H and O–H groups in total. The van der Waals surface area contributed by atoms with Crippen molar-refractivity contribution < 1.29 is 37.6 Å². The Labute approximate surface area is 238 Å². The van der Waals surface area contributed by atoms with Crippen LogP contribution in [0, 0.1) is 5.82 Å². The Kier molecular flexibility index (Phi) is 8.76. The summed E-state index contributed by atoms with van der Waals surface area (Å²) in [5, 5.41) is 0. The summed E-state index contributed by atoms with van der Waals surface area (Å²) < 4.78 is 48.0. The van der Waals surface area contributed by atoms with Gasteiger partial charge >= 0.3 is 0 Å². The van der Waals surface area contributed by atoms with Crippen LogP contribution in [-0.4, -0.2) is 64.2 Å². The zero-order chi connectivity index (χ0) is 28.8. The van der Waals surface area contributed by atoms with Crippen molar-refractivity contribution in [2.75, 3.05) is 41.1 Å². The lowest BCUT2D eigenvalue weighted by Gasteiger charge is -2.20. The first kappa shape index (κ1) is 28.1. The Hall–Kier alpha value is -4.47. The van der Waals surface area contributed by atoms with Gasteiger partial charge in [-0.3, -0.25) is 9.79 Å². The maximum absolute atomic E-state index is 14.7. The van der Waals surface area contributed by atoms with Crippen LogP contribution in [0.2, 0.25) is 0 Å². The van der Waals surface area contributed by atoms with Gasteiger partial charge in [0.05, 0.1) is 51.8 Å². The fourth-order valence-corrected chi connectivity index (χ4v) is 4.86. The van der Waals surface area contributed by atoms with Crippen molar-refractivity contribution in [3.8, 4) is 40.2 Å². The van der Waals surface area contributed by atoms with Crippen molar-refractivity contribution in [1.29, 1.82) is 0 Å². The summed E-state index contributed by atoms with van der Waals surface area (Å²) in [6.07, 6.45) is 5.14. The molecule has 41 heavy (non-hydrogen) atoms. The van der Waals surface area contributed by atoms with Gasteiger partial charge in [-0.25, -0.2) is 4.39 Å². The molecule has 2 aliphatic heterocycles. The first-order chi connectivity index (χ1) is 20.0. The second-order valence-electron chi connectivity index (χ2n) is 9.62. The van der Waals surface area contributed by atoms with Gasteiger partial charge < -0.3 is 33.3 Å². The van der Waals surface area contributed by atoms with Crippen LogP contribution in [-0.2, 0) is 0 Å². The average molecular weight is 565 g/mol. The van der Waals surface area contributed by atoms with Crippen LogP contribution in [0.15, 0.2) is 53.5 Å². The molecule has 2 aliphatic rings. The van der Waals surface area contributed by atoms with Crippen molar-refractivity contribution >= 4 is 17.8 Å². The second-order valence-corrected chi connectivity index (χ2v) is 9.62. The Morgan fingerprint density at radius 1 is 0.829 bits per heavy atom. The smallest absolute Gasteiger partial charge is 0.256 e. The number of carbonyl (C=O) groups excluding carboxylic acids is 1. The highest BCUT2D eigenvalue weighted by Gasteiger charge is 2.32. The Bertz CT molecular complexity index is 1430. The molecule has 216 valence electrons. The molecular weight excluding hydrogens is 531 g/mol. The predicted molar refractivity (Wildman–Crippen MR) is 151 cm³/mol. The Morgan fingerprint density at radius 3 is 2.29 bits per heavy atom. The maximum Gasteiger partial charge on any atom is 0.256 e. The quantitative estimate of drug-likeness (QED) is 0.242. The van der Waals surface area contributed by atoms with Crippen molar-refractivity contribution in [3.05, 3.63) is 59.9 Å². The standard InChI is InChI=1S/C31H33FN2O7/c1-36-27-11-9-22(16-28(27)37-2)41-26-10-8-21(15-24(26)32)39-13-4-5-14-40-30-18-25-23(17-29(30)38-3)31(35)34-12-6-7-20(34)19-33-25/h8-11,15-20H,4-7,12-14H2,1-3H3/t20-/m0/s1. The molecule has 1 atom stereocenters. The molecule has 1 saturated heterocycles. The monoisotopic (exact) mass is 564 g/mol. The highest BCUT2D eigenvalue weighted by Crippen LogP contribution is 2.38. The average Bonchev–Trinajstić information content (AvgIpc) is 3.42. The van der Waals surface area contributed by atoms with E-state index in [-0.39, 0.29) is 17.7 Å². The van der Waals surface area contributed by atoms with Gasteiger partial charge in [0.2, 0.25) is 0 Å². The lowest BCUT2D eigenvalue weighted by Crippen LogP contribution is -2.35. The van der Waals surface area contributed by atoms with Gasteiger partial charge in [0.25, 0.3) is 5.91 Å². The van der Waals surface area contributed by atoms with E-state index in [2.05, 4.69) is 4.99 Å². The largest absolute Gasteiger partial charge is 0.493 e. The number of benzene rings is 3. The molecule has 0 saturated carbocycles. The van der Waals surface area contributed by atoms with E-state index in [0.29, 0.717) is 71.8 Å². The molecular formula is C31H33FN2O7. The molecule has 3 aromatic carbocycles. The first-order valence-electron chi connectivity index (χ1n) is 13.5. The fourth-order valence-electron chi connectivity index (χ4n) is 4.86. The number of hydrogen-bond donors (Lipinski definition) is 0. The summed E-state index contributed by atoms with van der Waals surface area (Å²) >= 11 is 0. The highest BCUT2D eigenvalue weighted by atomic mass is 19.1. The SMILES string of the molecule is COc1ccc(Oc2ccc(OCCCCOc3cc4c(cc3OC)C(=O)N3CCC[C@H]3C=N4)cc2F)cc1OC. The van der Waals surface area contributed by atoms with Gasteiger partial charge in [0.1, 0.15) is 11.5 Å². The van der Waals surface area contributed by atoms with E-state index in [4.69, 9.17) is 28.4 Å². The molecule has 2 heterocycles. The molecule has 0 radical (unpaired) electrons. The van der Waals surface area contributed by atoms with E-state index < -0.39 is 5.82 Å². The number of halogens is 1. The van der Waals surface area contributed by atoms with Gasteiger partial charge in [-0.2, -0.15) is 0 Å². The minimum Gasteiger partial charge on any atom is -0.493 e. The molecule has 9 nitrogen and oxygen atoms in total. The predicted octanol–water partition coefficient (Wildman–Crippen LogP) is 6.20. The molecule has 1 amide bonds. The van der Waals surface area contributed by atoms with Gasteiger partial charge in [0.15, 0.2) is 34.6 Å². The van der Waals surface area contributed by atoms with Crippen LogP contribution in [0.5, 0.6) is 40.2 Å². The number of unbranched alkanes of at least 4 members (excludes halogenated alkanes) is 1. The van der Waals surface area contributed by atoms with E-state index >= 15 is 0 Å². The molecule has 0 aromatic heterocycles. The molecule has 1 fully saturated rings. The minimum atomic E-state index is -0.544. The minimum absolute atomic E-state index is 0.0287. The number of hydrogen-bond acceptors (Lipinski definition) is 8. The van der Waals surface area contributed by atoms with Crippen LogP contribution in [0.3, 0.4) is 0 Å². The van der Waals surface area contributed by atoms with Gasteiger partial charge in [-0.1, -0.05) is 0 Å². The summed E-state index contributed by atoms with van der Waals surface area (Å²) in [6, 6.07) is 13.0. The maximum atomic E-state index is 14.7. The van der Waals surface area contributed by atoms with Gasteiger partial charge in [-0.15, -0.1) is 0 Å². The molecule has 0 unspecified atom stereocenters. The van der Waals surface area contributed by atoms with Crippen molar-refractivity contribution in [3.63, 3.8) is 0 Å². The van der Waals surface area contributed by atoms with Crippen LogP contribution in [0.25, 0.3) is 0 Å². The number of rotatable bonds is 12. The van der Waals surface area contributed by atoms with Crippen LogP contribution < -0.4 is 28.4 Å². The Balaban J connectivity index is 1.10.